The quantitative estimate of drug-likeness (QED) is 0.764. The van der Waals surface area contributed by atoms with Crippen LogP contribution in [0.25, 0.3) is 11.0 Å². The third kappa shape index (κ3) is 3.83. The van der Waals surface area contributed by atoms with E-state index < -0.39 is 0 Å². The van der Waals surface area contributed by atoms with Crippen LogP contribution in [0.15, 0.2) is 28.7 Å². The summed E-state index contributed by atoms with van der Waals surface area (Å²) in [6.07, 6.45) is 0.894. The smallest absolute Gasteiger partial charge is 0.287 e. The van der Waals surface area contributed by atoms with Gasteiger partial charge in [-0.15, -0.1) is 0 Å². The van der Waals surface area contributed by atoms with Crippen LogP contribution in [0.5, 0.6) is 0 Å². The molecule has 2 N–H and O–H groups in total. The molecule has 0 aliphatic heterocycles. The SMILES string of the molecule is CNCCCNC(=O)c1oc2ccccc2c1CN(C)C. The number of hydrogen-bond acceptors (Lipinski definition) is 4. The summed E-state index contributed by atoms with van der Waals surface area (Å²) in [6, 6.07) is 7.77. The van der Waals surface area contributed by atoms with E-state index in [-0.39, 0.29) is 5.91 Å². The predicted molar refractivity (Wildman–Crippen MR) is 84.5 cm³/mol. The van der Waals surface area contributed by atoms with Crippen LogP contribution in [0, 0.1) is 0 Å². The molecule has 114 valence electrons. The second-order valence-corrected chi connectivity index (χ2v) is 5.36. The molecule has 0 spiro atoms. The van der Waals surface area contributed by atoms with E-state index in [0.717, 1.165) is 29.5 Å². The van der Waals surface area contributed by atoms with Gasteiger partial charge in [0, 0.05) is 24.0 Å². The fourth-order valence-corrected chi connectivity index (χ4v) is 2.30. The lowest BCUT2D eigenvalue weighted by molar-refractivity contribution is 0.0925. The minimum atomic E-state index is -0.140. The lowest BCUT2D eigenvalue weighted by atomic mass is 10.1. The van der Waals surface area contributed by atoms with E-state index in [0.29, 0.717) is 18.8 Å². The topological polar surface area (TPSA) is 57.5 Å². The minimum absolute atomic E-state index is 0.140. The summed E-state index contributed by atoms with van der Waals surface area (Å²) in [5, 5.41) is 6.98. The van der Waals surface area contributed by atoms with Crippen molar-refractivity contribution in [1.82, 2.24) is 15.5 Å². The highest BCUT2D eigenvalue weighted by Gasteiger charge is 2.20. The Morgan fingerprint density at radius 1 is 1.24 bits per heavy atom. The molecular weight excluding hydrogens is 266 g/mol. The molecule has 2 rings (SSSR count). The molecule has 21 heavy (non-hydrogen) atoms. The van der Waals surface area contributed by atoms with Gasteiger partial charge >= 0.3 is 0 Å². The Balaban J connectivity index is 2.22. The summed E-state index contributed by atoms with van der Waals surface area (Å²) in [6.45, 7) is 2.19. The van der Waals surface area contributed by atoms with E-state index >= 15 is 0 Å². The molecule has 5 nitrogen and oxygen atoms in total. The molecule has 1 aromatic heterocycles. The van der Waals surface area contributed by atoms with E-state index in [4.69, 9.17) is 4.42 Å². The minimum Gasteiger partial charge on any atom is -0.451 e. The second kappa shape index (κ2) is 7.24. The summed E-state index contributed by atoms with van der Waals surface area (Å²) in [5.41, 5.74) is 1.71. The highest BCUT2D eigenvalue weighted by molar-refractivity contribution is 5.99. The molecule has 0 aliphatic rings. The zero-order valence-electron chi connectivity index (χ0n) is 12.9. The molecule has 1 heterocycles. The number of amides is 1. The molecule has 0 aliphatic carbocycles. The molecule has 5 heteroatoms. The van der Waals surface area contributed by atoms with E-state index in [1.807, 2.05) is 50.3 Å². The van der Waals surface area contributed by atoms with Crippen molar-refractivity contribution >= 4 is 16.9 Å². The molecule has 0 saturated carbocycles. The van der Waals surface area contributed by atoms with Gasteiger partial charge in [-0.05, 0) is 40.2 Å². The number of para-hydroxylation sites is 1. The van der Waals surface area contributed by atoms with Crippen LogP contribution in [0.2, 0.25) is 0 Å². The average Bonchev–Trinajstić information content (AvgIpc) is 2.82. The van der Waals surface area contributed by atoms with Crippen LogP contribution in [0.1, 0.15) is 22.5 Å². The number of rotatable bonds is 7. The van der Waals surface area contributed by atoms with Crippen molar-refractivity contribution in [2.45, 2.75) is 13.0 Å². The number of nitrogens with zero attached hydrogens (tertiary/aromatic N) is 1. The molecule has 0 bridgehead atoms. The van der Waals surface area contributed by atoms with Crippen LogP contribution < -0.4 is 10.6 Å². The number of carbonyl (C=O) groups is 1. The first-order chi connectivity index (χ1) is 10.1. The lowest BCUT2D eigenvalue weighted by Crippen LogP contribution is -2.27. The lowest BCUT2D eigenvalue weighted by Gasteiger charge is -2.10. The van der Waals surface area contributed by atoms with Gasteiger partial charge in [0.15, 0.2) is 5.76 Å². The molecular formula is C16H23N3O2. The van der Waals surface area contributed by atoms with Gasteiger partial charge in [0.25, 0.3) is 5.91 Å². The van der Waals surface area contributed by atoms with Crippen molar-refractivity contribution in [3.05, 3.63) is 35.6 Å². The fourth-order valence-electron chi connectivity index (χ4n) is 2.30. The molecule has 2 aromatic rings. The van der Waals surface area contributed by atoms with E-state index in [2.05, 4.69) is 10.6 Å². The first kappa shape index (κ1) is 15.5. The van der Waals surface area contributed by atoms with Crippen molar-refractivity contribution in [3.63, 3.8) is 0 Å². The van der Waals surface area contributed by atoms with E-state index in [1.165, 1.54) is 0 Å². The van der Waals surface area contributed by atoms with Gasteiger partial charge in [-0.3, -0.25) is 4.79 Å². The zero-order chi connectivity index (χ0) is 15.2. The Morgan fingerprint density at radius 3 is 2.71 bits per heavy atom. The van der Waals surface area contributed by atoms with Crippen molar-refractivity contribution in [2.24, 2.45) is 0 Å². The zero-order valence-corrected chi connectivity index (χ0v) is 12.9. The van der Waals surface area contributed by atoms with Gasteiger partial charge in [0.1, 0.15) is 5.58 Å². The maximum Gasteiger partial charge on any atom is 0.287 e. The van der Waals surface area contributed by atoms with Crippen LogP contribution >= 0.6 is 0 Å². The van der Waals surface area contributed by atoms with Crippen molar-refractivity contribution in [1.29, 1.82) is 0 Å². The molecule has 1 aromatic carbocycles. The Labute approximate surface area is 125 Å². The third-order valence-corrected chi connectivity index (χ3v) is 3.27. The summed E-state index contributed by atoms with van der Waals surface area (Å²) >= 11 is 0. The van der Waals surface area contributed by atoms with Crippen LogP contribution in [-0.4, -0.2) is 45.0 Å². The number of nitrogens with one attached hydrogen (secondary N) is 2. The molecule has 0 saturated heterocycles. The summed E-state index contributed by atoms with van der Waals surface area (Å²) in [4.78, 5) is 14.4. The molecule has 0 unspecified atom stereocenters. The molecule has 0 radical (unpaired) electrons. The van der Waals surface area contributed by atoms with Crippen molar-refractivity contribution in [3.8, 4) is 0 Å². The maximum absolute atomic E-state index is 12.3. The Morgan fingerprint density at radius 2 is 2.00 bits per heavy atom. The second-order valence-electron chi connectivity index (χ2n) is 5.36. The van der Waals surface area contributed by atoms with E-state index in [1.54, 1.807) is 0 Å². The number of furan rings is 1. The Kier molecular flexibility index (Phi) is 5.36. The highest BCUT2D eigenvalue weighted by Crippen LogP contribution is 2.26. The van der Waals surface area contributed by atoms with Gasteiger partial charge in [-0.2, -0.15) is 0 Å². The summed E-state index contributed by atoms with van der Waals surface area (Å²) < 4.78 is 5.76. The molecule has 0 fully saturated rings. The number of benzene rings is 1. The maximum atomic E-state index is 12.3. The molecule has 0 atom stereocenters. The van der Waals surface area contributed by atoms with Crippen LogP contribution in [0.3, 0.4) is 0 Å². The normalized spacial score (nSPS) is 11.2. The first-order valence-corrected chi connectivity index (χ1v) is 7.21. The van der Waals surface area contributed by atoms with Gasteiger partial charge in [-0.25, -0.2) is 0 Å². The fraction of sp³-hybridized carbons (Fsp3) is 0.438. The van der Waals surface area contributed by atoms with Crippen LogP contribution in [0.4, 0.5) is 0 Å². The van der Waals surface area contributed by atoms with Crippen LogP contribution in [-0.2, 0) is 6.54 Å². The molecule has 1 amide bonds. The van der Waals surface area contributed by atoms with E-state index in [9.17, 15) is 4.79 Å². The van der Waals surface area contributed by atoms with Gasteiger partial charge in [0.2, 0.25) is 0 Å². The average molecular weight is 289 g/mol. The van der Waals surface area contributed by atoms with Gasteiger partial charge in [-0.1, -0.05) is 18.2 Å². The standard InChI is InChI=1S/C16H23N3O2/c1-17-9-6-10-18-16(20)15-13(11-19(2)3)12-7-4-5-8-14(12)21-15/h4-5,7-8,17H,6,9-11H2,1-3H3,(H,18,20). The number of carbonyl (C=O) groups excluding carboxylic acids is 1. The van der Waals surface area contributed by atoms with Gasteiger partial charge in [0.05, 0.1) is 0 Å². The number of fused-ring (bicyclic) bond motifs is 1. The predicted octanol–water partition coefficient (Wildman–Crippen LogP) is 1.83. The summed E-state index contributed by atoms with van der Waals surface area (Å²) in [5.74, 6) is 0.286. The monoisotopic (exact) mass is 289 g/mol. The Hall–Kier alpha value is -1.85. The Bertz CT molecular complexity index is 605. The van der Waals surface area contributed by atoms with Crippen molar-refractivity contribution < 1.29 is 9.21 Å². The summed E-state index contributed by atoms with van der Waals surface area (Å²) in [7, 11) is 5.86. The number of hydrogen-bond donors (Lipinski definition) is 2. The van der Waals surface area contributed by atoms with Gasteiger partial charge < -0.3 is 20.0 Å². The van der Waals surface area contributed by atoms with Crippen molar-refractivity contribution in [2.75, 3.05) is 34.2 Å². The highest BCUT2D eigenvalue weighted by atomic mass is 16.3. The first-order valence-electron chi connectivity index (χ1n) is 7.21. The largest absolute Gasteiger partial charge is 0.451 e. The third-order valence-electron chi connectivity index (χ3n) is 3.27.